The lowest BCUT2D eigenvalue weighted by Crippen LogP contribution is -2.35. The Morgan fingerprint density at radius 1 is 1.31 bits per heavy atom. The first-order valence-corrected chi connectivity index (χ1v) is 8.58. The lowest BCUT2D eigenvalue weighted by atomic mass is 10.0. The van der Waals surface area contributed by atoms with E-state index in [1.54, 1.807) is 4.57 Å². The van der Waals surface area contributed by atoms with E-state index in [2.05, 4.69) is 5.32 Å². The molecule has 1 aromatic heterocycles. The van der Waals surface area contributed by atoms with Crippen molar-refractivity contribution in [3.05, 3.63) is 64.6 Å². The third-order valence-corrected chi connectivity index (χ3v) is 4.83. The van der Waals surface area contributed by atoms with Gasteiger partial charge < -0.3 is 19.7 Å². The Hall–Kier alpha value is -2.41. The maximum Gasteiger partial charge on any atom is 0.352 e. The summed E-state index contributed by atoms with van der Waals surface area (Å²) in [6.07, 6.45) is 0. The molecule has 1 unspecified atom stereocenters. The highest BCUT2D eigenvalue weighted by Gasteiger charge is 2.23. The number of nitrogens with one attached hydrogen (secondary N) is 1. The van der Waals surface area contributed by atoms with Gasteiger partial charge in [0.25, 0.3) is 0 Å². The number of aromatic nitrogens is 1. The van der Waals surface area contributed by atoms with Crippen LogP contribution in [-0.4, -0.2) is 35.4 Å². The number of benzene rings is 2. The van der Waals surface area contributed by atoms with Gasteiger partial charge in [0.05, 0.1) is 35.5 Å². The number of halogens is 2. The number of aromatic carboxylic acids is 1. The fraction of sp³-hybridized carbons (Fsp3) is 0.211. The molecule has 1 fully saturated rings. The lowest BCUT2D eigenvalue weighted by molar-refractivity contribution is 0.0688. The summed E-state index contributed by atoms with van der Waals surface area (Å²) < 4.78 is 21.0. The van der Waals surface area contributed by atoms with Gasteiger partial charge in [-0.05, 0) is 29.8 Å². The largest absolute Gasteiger partial charge is 0.477 e. The van der Waals surface area contributed by atoms with Crippen LogP contribution < -0.4 is 5.32 Å². The fourth-order valence-electron chi connectivity index (χ4n) is 3.37. The highest BCUT2D eigenvalue weighted by atomic mass is 35.5. The quantitative estimate of drug-likeness (QED) is 0.732. The molecule has 1 atom stereocenters. The second-order valence-electron chi connectivity index (χ2n) is 6.14. The van der Waals surface area contributed by atoms with Gasteiger partial charge >= 0.3 is 5.97 Å². The molecule has 0 spiro atoms. The first kappa shape index (κ1) is 17.0. The van der Waals surface area contributed by atoms with Gasteiger partial charge in [0.15, 0.2) is 0 Å². The normalized spacial score (nSPS) is 17.5. The van der Waals surface area contributed by atoms with E-state index in [4.69, 9.17) is 16.3 Å². The van der Waals surface area contributed by atoms with Crippen LogP contribution in [0, 0.1) is 5.82 Å². The molecule has 3 aromatic rings. The number of hydrogen-bond donors (Lipinski definition) is 2. The monoisotopic (exact) mass is 374 g/mol. The third-order valence-electron chi connectivity index (χ3n) is 4.54. The van der Waals surface area contributed by atoms with Gasteiger partial charge in [-0.25, -0.2) is 9.18 Å². The number of rotatable bonds is 3. The molecule has 4 rings (SSSR count). The molecule has 0 aliphatic carbocycles. The fourth-order valence-corrected chi connectivity index (χ4v) is 3.53. The van der Waals surface area contributed by atoms with Crippen molar-refractivity contribution in [3.63, 3.8) is 0 Å². The maximum atomic E-state index is 13.8. The Kier molecular flexibility index (Phi) is 4.40. The van der Waals surface area contributed by atoms with Crippen molar-refractivity contribution in [2.45, 2.75) is 6.04 Å². The smallest absolute Gasteiger partial charge is 0.352 e. The van der Waals surface area contributed by atoms with Gasteiger partial charge in [0.1, 0.15) is 11.5 Å². The molecule has 0 amide bonds. The van der Waals surface area contributed by atoms with Crippen LogP contribution in [0.2, 0.25) is 5.02 Å². The van der Waals surface area contributed by atoms with E-state index in [1.165, 1.54) is 18.2 Å². The summed E-state index contributed by atoms with van der Waals surface area (Å²) in [6.45, 7) is 1.85. The topological polar surface area (TPSA) is 63.5 Å². The molecule has 2 N–H and O–H groups in total. The molecule has 0 saturated carbocycles. The number of nitrogens with zero attached hydrogens (tertiary/aromatic N) is 1. The van der Waals surface area contributed by atoms with Gasteiger partial charge in [-0.1, -0.05) is 29.8 Å². The predicted molar refractivity (Wildman–Crippen MR) is 96.8 cm³/mol. The molecule has 7 heteroatoms. The first-order valence-electron chi connectivity index (χ1n) is 8.20. The summed E-state index contributed by atoms with van der Waals surface area (Å²) in [5.41, 5.74) is 2.20. The average molecular weight is 375 g/mol. The van der Waals surface area contributed by atoms with Crippen LogP contribution in [0.15, 0.2) is 42.5 Å². The highest BCUT2D eigenvalue weighted by Crippen LogP contribution is 2.32. The zero-order valence-electron chi connectivity index (χ0n) is 13.7. The third kappa shape index (κ3) is 2.86. The number of morpholine rings is 1. The van der Waals surface area contributed by atoms with Crippen molar-refractivity contribution < 1.29 is 19.0 Å². The molecule has 0 radical (unpaired) electrons. The maximum absolute atomic E-state index is 13.8. The van der Waals surface area contributed by atoms with Crippen LogP contribution in [0.25, 0.3) is 16.6 Å². The summed E-state index contributed by atoms with van der Waals surface area (Å²) in [7, 11) is 0. The Morgan fingerprint density at radius 2 is 2.12 bits per heavy atom. The molecule has 26 heavy (non-hydrogen) atoms. The predicted octanol–water partition coefficient (Wildman–Crippen LogP) is 3.78. The van der Waals surface area contributed by atoms with Gasteiger partial charge in [0.2, 0.25) is 0 Å². The van der Waals surface area contributed by atoms with Gasteiger partial charge in [-0.2, -0.15) is 0 Å². The van der Waals surface area contributed by atoms with E-state index in [1.807, 2.05) is 24.3 Å². The number of ether oxygens (including phenoxy) is 1. The molecule has 2 aromatic carbocycles. The average Bonchev–Trinajstić information content (AvgIpc) is 3.01. The summed E-state index contributed by atoms with van der Waals surface area (Å²) in [5, 5.41) is 13.5. The molecule has 134 valence electrons. The number of fused-ring (bicyclic) bond motifs is 1. The molecule has 1 aliphatic heterocycles. The molecule has 1 aliphatic rings. The Morgan fingerprint density at radius 3 is 2.85 bits per heavy atom. The zero-order valence-corrected chi connectivity index (χ0v) is 14.5. The SMILES string of the molecule is O=C(O)c1cc2cc(F)c(Cl)cc2n1-c1ccccc1C1COCCN1. The summed E-state index contributed by atoms with van der Waals surface area (Å²) in [4.78, 5) is 11.8. The van der Waals surface area contributed by atoms with Crippen LogP contribution in [0.4, 0.5) is 4.39 Å². The molecular weight excluding hydrogens is 359 g/mol. The number of carboxylic acids is 1. The van der Waals surface area contributed by atoms with Gasteiger partial charge in [0, 0.05) is 11.9 Å². The minimum absolute atomic E-state index is 0.0471. The van der Waals surface area contributed by atoms with Crippen LogP contribution in [0.3, 0.4) is 0 Å². The zero-order chi connectivity index (χ0) is 18.3. The summed E-state index contributed by atoms with van der Waals surface area (Å²) in [5.74, 6) is -1.68. The van der Waals surface area contributed by atoms with E-state index in [0.29, 0.717) is 36.3 Å². The number of carbonyl (C=O) groups is 1. The van der Waals surface area contributed by atoms with Crippen LogP contribution in [-0.2, 0) is 4.74 Å². The van der Waals surface area contributed by atoms with Gasteiger partial charge in [-0.15, -0.1) is 0 Å². The molecule has 0 bridgehead atoms. The van der Waals surface area contributed by atoms with Crippen LogP contribution >= 0.6 is 11.6 Å². The minimum atomic E-state index is -1.10. The van der Waals surface area contributed by atoms with E-state index in [-0.39, 0.29) is 16.8 Å². The first-order chi connectivity index (χ1) is 12.6. The van der Waals surface area contributed by atoms with E-state index in [9.17, 15) is 14.3 Å². The minimum Gasteiger partial charge on any atom is -0.477 e. The highest BCUT2D eigenvalue weighted by molar-refractivity contribution is 6.31. The van der Waals surface area contributed by atoms with Crippen molar-refractivity contribution in [3.8, 4) is 5.69 Å². The molecule has 5 nitrogen and oxygen atoms in total. The number of para-hydroxylation sites is 1. The number of hydrogen-bond acceptors (Lipinski definition) is 3. The van der Waals surface area contributed by atoms with Gasteiger partial charge in [-0.3, -0.25) is 0 Å². The van der Waals surface area contributed by atoms with E-state index >= 15 is 0 Å². The second kappa shape index (κ2) is 6.72. The van der Waals surface area contributed by atoms with Crippen molar-refractivity contribution in [1.29, 1.82) is 0 Å². The van der Waals surface area contributed by atoms with Crippen LogP contribution in [0.5, 0.6) is 0 Å². The van der Waals surface area contributed by atoms with E-state index < -0.39 is 11.8 Å². The second-order valence-corrected chi connectivity index (χ2v) is 6.54. The molecule has 1 saturated heterocycles. The van der Waals surface area contributed by atoms with Crippen LogP contribution in [0.1, 0.15) is 22.1 Å². The number of carboxylic acid groups (broad SMARTS) is 1. The summed E-state index contributed by atoms with van der Waals surface area (Å²) >= 11 is 5.96. The standard InChI is InChI=1S/C19H16ClFN2O3/c20-13-9-17-11(7-14(13)21)8-18(19(24)25)23(17)16-4-2-1-3-12(16)15-10-26-6-5-22-15/h1-4,7-9,15,22H,5-6,10H2,(H,24,25). The molecular formula is C19H16ClFN2O3. The molecule has 2 heterocycles. The lowest BCUT2D eigenvalue weighted by Gasteiger charge is -2.26. The Labute approximate surface area is 153 Å². The van der Waals surface area contributed by atoms with E-state index in [0.717, 1.165) is 5.56 Å². The Balaban J connectivity index is 1.98. The summed E-state index contributed by atoms with van der Waals surface area (Å²) in [6, 6.07) is 11.6. The van der Waals surface area contributed by atoms with Crippen molar-refractivity contribution in [2.75, 3.05) is 19.8 Å². The van der Waals surface area contributed by atoms with Crippen molar-refractivity contribution in [1.82, 2.24) is 9.88 Å². The Bertz CT molecular complexity index is 996. The van der Waals surface area contributed by atoms with Crippen molar-refractivity contribution in [2.24, 2.45) is 0 Å². The van der Waals surface area contributed by atoms with Crippen molar-refractivity contribution >= 4 is 28.5 Å².